The van der Waals surface area contributed by atoms with Crippen LogP contribution in [0.15, 0.2) is 41.3 Å². The summed E-state index contributed by atoms with van der Waals surface area (Å²) in [5.41, 5.74) is 2.45. The molecule has 2 aromatic rings. The van der Waals surface area contributed by atoms with E-state index in [1.165, 1.54) is 0 Å². The van der Waals surface area contributed by atoms with E-state index in [-0.39, 0.29) is 22.2 Å². The van der Waals surface area contributed by atoms with Gasteiger partial charge in [0.05, 0.1) is 16.9 Å². The van der Waals surface area contributed by atoms with E-state index in [0.717, 1.165) is 62.7 Å². The summed E-state index contributed by atoms with van der Waals surface area (Å²) in [6, 6.07) is 10.3. The average molecular weight is 474 g/mol. The van der Waals surface area contributed by atoms with Crippen molar-refractivity contribution in [1.29, 1.82) is 0 Å². The lowest BCUT2D eigenvalue weighted by Crippen LogP contribution is -2.22. The molecule has 0 fully saturated rings. The molecule has 3 rings (SSSR count). The number of carboxylic acids is 1. The van der Waals surface area contributed by atoms with Gasteiger partial charge in [0.2, 0.25) is 0 Å². The molecule has 0 unspecified atom stereocenters. The lowest BCUT2D eigenvalue weighted by Gasteiger charge is -2.20. The zero-order valence-corrected chi connectivity index (χ0v) is 20.3. The van der Waals surface area contributed by atoms with Gasteiger partial charge in [0.15, 0.2) is 0 Å². The van der Waals surface area contributed by atoms with Gasteiger partial charge < -0.3 is 15.7 Å². The molecule has 0 saturated heterocycles. The number of sulfonamides is 1. The Morgan fingerprint density at radius 2 is 1.82 bits per heavy atom. The number of fused-ring (bicyclic) bond motifs is 1. The fraction of sp³-hybridized carbons (Fsp3) is 0.480. The first-order valence-corrected chi connectivity index (χ1v) is 13.3. The highest BCUT2D eigenvalue weighted by Gasteiger charge is 2.25. The smallest absolute Gasteiger partial charge is 0.338 e. The monoisotopic (exact) mass is 473 g/mol. The minimum absolute atomic E-state index is 0.0696. The molecule has 180 valence electrons. The van der Waals surface area contributed by atoms with E-state index in [4.69, 9.17) is 0 Å². The van der Waals surface area contributed by atoms with E-state index in [1.807, 2.05) is 13.0 Å². The summed E-state index contributed by atoms with van der Waals surface area (Å²) in [5.74, 6) is -1.10. The van der Waals surface area contributed by atoms with Crippen molar-refractivity contribution in [2.45, 2.75) is 69.7 Å². The number of hydrogen-bond acceptors (Lipinski definition) is 5. The molecule has 4 N–H and O–H groups in total. The molecule has 1 aliphatic rings. The van der Waals surface area contributed by atoms with Gasteiger partial charge in [0.1, 0.15) is 4.90 Å². The largest absolute Gasteiger partial charge is 0.478 e. The molecule has 0 amide bonds. The Labute approximate surface area is 197 Å². The molecule has 0 aromatic heterocycles. The van der Waals surface area contributed by atoms with E-state index in [2.05, 4.69) is 22.3 Å². The van der Waals surface area contributed by atoms with Crippen LogP contribution >= 0.6 is 0 Å². The highest BCUT2D eigenvalue weighted by atomic mass is 32.2. The van der Waals surface area contributed by atoms with E-state index >= 15 is 0 Å². The average Bonchev–Trinajstić information content (AvgIpc) is 3.02. The number of aryl methyl sites for hydroxylation is 1. The first-order valence-electron chi connectivity index (χ1n) is 11.8. The standard InChI is InChI=1S/C25H35N3O4S/c1-3-26-17-9-10-18(2)27-21-13-7-8-14-23(21)33(31,32)28-22-16-15-19-11-5-4-6-12-20(19)24(22)25(29)30/h7-8,13-16,18,26-28H,3-6,9-12,17H2,1-2H3,(H,29,30)/t18-/m0/s1. The lowest BCUT2D eigenvalue weighted by molar-refractivity contribution is 0.0696. The van der Waals surface area contributed by atoms with Crippen molar-refractivity contribution in [3.8, 4) is 0 Å². The first-order chi connectivity index (χ1) is 15.8. The van der Waals surface area contributed by atoms with Gasteiger partial charge in [0, 0.05) is 6.04 Å². The van der Waals surface area contributed by atoms with E-state index in [9.17, 15) is 18.3 Å². The Balaban J connectivity index is 1.86. The minimum Gasteiger partial charge on any atom is -0.478 e. The molecule has 2 aromatic carbocycles. The second-order valence-corrected chi connectivity index (χ2v) is 10.3. The predicted molar refractivity (Wildman–Crippen MR) is 133 cm³/mol. The molecule has 0 aliphatic heterocycles. The van der Waals surface area contributed by atoms with Crippen LogP contribution in [0.1, 0.15) is 67.4 Å². The Hall–Kier alpha value is -2.58. The Morgan fingerprint density at radius 3 is 2.58 bits per heavy atom. The van der Waals surface area contributed by atoms with E-state index < -0.39 is 16.0 Å². The summed E-state index contributed by atoms with van der Waals surface area (Å²) in [6.07, 6.45) is 6.30. The maximum absolute atomic E-state index is 13.4. The normalized spacial score (nSPS) is 14.7. The number of hydrogen-bond donors (Lipinski definition) is 4. The van der Waals surface area contributed by atoms with Crippen molar-refractivity contribution >= 4 is 27.4 Å². The number of nitrogens with one attached hydrogen (secondary N) is 3. The Kier molecular flexibility index (Phi) is 8.74. The third kappa shape index (κ3) is 6.48. The van der Waals surface area contributed by atoms with Crippen LogP contribution in [-0.4, -0.2) is 38.6 Å². The fourth-order valence-electron chi connectivity index (χ4n) is 4.40. The van der Waals surface area contributed by atoms with Crippen LogP contribution in [0.4, 0.5) is 11.4 Å². The molecule has 0 bridgehead atoms. The van der Waals surface area contributed by atoms with E-state index in [0.29, 0.717) is 12.1 Å². The number of carbonyl (C=O) groups is 1. The molecule has 33 heavy (non-hydrogen) atoms. The van der Waals surface area contributed by atoms with Crippen LogP contribution in [0.25, 0.3) is 0 Å². The SMILES string of the molecule is CCNCCC[C@H](C)Nc1ccccc1S(=O)(=O)Nc1ccc2c(c1C(=O)O)CCCCC2. The number of carboxylic acid groups (broad SMARTS) is 1. The summed E-state index contributed by atoms with van der Waals surface area (Å²) in [6.45, 7) is 5.93. The Bertz CT molecular complexity index is 1070. The second kappa shape index (κ2) is 11.5. The summed E-state index contributed by atoms with van der Waals surface area (Å²) in [4.78, 5) is 12.2. The highest BCUT2D eigenvalue weighted by molar-refractivity contribution is 7.92. The van der Waals surface area contributed by atoms with Crippen molar-refractivity contribution in [3.05, 3.63) is 53.1 Å². The molecule has 1 atom stereocenters. The van der Waals surface area contributed by atoms with Crippen molar-refractivity contribution < 1.29 is 18.3 Å². The maximum atomic E-state index is 13.4. The molecule has 0 spiro atoms. The first kappa shape index (κ1) is 25.1. The van der Waals surface area contributed by atoms with Gasteiger partial charge in [-0.05, 0) is 87.9 Å². The van der Waals surface area contributed by atoms with Crippen molar-refractivity contribution in [2.75, 3.05) is 23.1 Å². The zero-order valence-electron chi connectivity index (χ0n) is 19.5. The van der Waals surface area contributed by atoms with Gasteiger partial charge in [-0.1, -0.05) is 31.5 Å². The third-order valence-electron chi connectivity index (χ3n) is 6.06. The van der Waals surface area contributed by atoms with Crippen LogP contribution in [0.2, 0.25) is 0 Å². The second-order valence-electron chi connectivity index (χ2n) is 8.63. The number of para-hydroxylation sites is 1. The maximum Gasteiger partial charge on any atom is 0.338 e. The molecule has 0 heterocycles. The van der Waals surface area contributed by atoms with Crippen LogP contribution in [0, 0.1) is 0 Å². The van der Waals surface area contributed by atoms with Crippen LogP contribution in [-0.2, 0) is 22.9 Å². The summed E-state index contributed by atoms with van der Waals surface area (Å²) >= 11 is 0. The lowest BCUT2D eigenvalue weighted by atomic mass is 9.96. The highest BCUT2D eigenvalue weighted by Crippen LogP contribution is 2.32. The topological polar surface area (TPSA) is 108 Å². The molecule has 0 saturated carbocycles. The van der Waals surface area contributed by atoms with Crippen LogP contribution in [0.5, 0.6) is 0 Å². The summed E-state index contributed by atoms with van der Waals surface area (Å²) in [7, 11) is -4.00. The van der Waals surface area contributed by atoms with Crippen molar-refractivity contribution in [2.24, 2.45) is 0 Å². The van der Waals surface area contributed by atoms with Gasteiger partial charge in [-0.3, -0.25) is 4.72 Å². The molecular weight excluding hydrogens is 438 g/mol. The number of benzene rings is 2. The van der Waals surface area contributed by atoms with Gasteiger partial charge in [-0.2, -0.15) is 0 Å². The fourth-order valence-corrected chi connectivity index (χ4v) is 5.65. The van der Waals surface area contributed by atoms with Crippen LogP contribution < -0.4 is 15.4 Å². The number of anilines is 2. The number of aromatic carboxylic acids is 1. The van der Waals surface area contributed by atoms with Gasteiger partial charge in [-0.15, -0.1) is 0 Å². The quantitative estimate of drug-likeness (QED) is 0.280. The predicted octanol–water partition coefficient (Wildman–Crippen LogP) is 4.64. The molecule has 1 aliphatic carbocycles. The number of rotatable bonds is 11. The Morgan fingerprint density at radius 1 is 1.06 bits per heavy atom. The van der Waals surface area contributed by atoms with Gasteiger partial charge >= 0.3 is 5.97 Å². The minimum atomic E-state index is -4.00. The third-order valence-corrected chi connectivity index (χ3v) is 7.48. The van der Waals surface area contributed by atoms with Gasteiger partial charge in [0.25, 0.3) is 10.0 Å². The zero-order chi connectivity index (χ0) is 23.8. The van der Waals surface area contributed by atoms with Crippen LogP contribution in [0.3, 0.4) is 0 Å². The van der Waals surface area contributed by atoms with Gasteiger partial charge in [-0.25, -0.2) is 13.2 Å². The molecule has 7 nitrogen and oxygen atoms in total. The van der Waals surface area contributed by atoms with Crippen molar-refractivity contribution in [3.63, 3.8) is 0 Å². The summed E-state index contributed by atoms with van der Waals surface area (Å²) in [5, 5.41) is 16.5. The molecular formula is C25H35N3O4S. The molecule has 8 heteroatoms. The molecule has 0 radical (unpaired) electrons. The van der Waals surface area contributed by atoms with Crippen molar-refractivity contribution in [1.82, 2.24) is 5.32 Å². The summed E-state index contributed by atoms with van der Waals surface area (Å²) < 4.78 is 29.3. The van der Waals surface area contributed by atoms with E-state index in [1.54, 1.807) is 30.3 Å².